The van der Waals surface area contributed by atoms with Crippen LogP contribution in [0, 0.1) is 11.3 Å². The van der Waals surface area contributed by atoms with Crippen molar-refractivity contribution in [3.63, 3.8) is 0 Å². The highest BCUT2D eigenvalue weighted by Gasteiger charge is 2.49. The fourth-order valence-corrected chi connectivity index (χ4v) is 3.91. The average Bonchev–Trinajstić information content (AvgIpc) is 3.19. The van der Waals surface area contributed by atoms with Crippen LogP contribution in [0.1, 0.15) is 0 Å². The third-order valence-electron chi connectivity index (χ3n) is 5.35. The Morgan fingerprint density at radius 1 is 1.29 bits per heavy atom. The van der Waals surface area contributed by atoms with Crippen molar-refractivity contribution in [3.05, 3.63) is 36.4 Å². The Morgan fingerprint density at radius 2 is 2.17 bits per heavy atom. The molecule has 0 radical (unpaired) electrons. The van der Waals surface area contributed by atoms with E-state index in [1.165, 1.54) is 0 Å². The second-order valence-electron chi connectivity index (χ2n) is 6.71. The molecular formula is C18H22N4O2. The Hall–Kier alpha value is -2.18. The molecule has 6 heteroatoms. The van der Waals surface area contributed by atoms with Crippen LogP contribution in [0.3, 0.4) is 0 Å². The van der Waals surface area contributed by atoms with Crippen LogP contribution < -0.4 is 15.0 Å². The summed E-state index contributed by atoms with van der Waals surface area (Å²) in [6.07, 6.45) is 0. The maximum absolute atomic E-state index is 9.83. The highest BCUT2D eigenvalue weighted by atomic mass is 16.5. The zero-order chi connectivity index (χ0) is 16.6. The Balaban J connectivity index is 1.57. The number of aliphatic hydroxyl groups is 1. The molecule has 6 nitrogen and oxygen atoms in total. The normalized spacial score (nSPS) is 25.8. The molecule has 2 aliphatic rings. The van der Waals surface area contributed by atoms with E-state index in [4.69, 9.17) is 4.74 Å². The van der Waals surface area contributed by atoms with Crippen LogP contribution in [0.25, 0.3) is 11.3 Å². The standard InChI is InChI=1S/C18H22N4O2/c1-24-16-5-3-2-4-14(16)15-6-7-17(21-20-15)22-9-13-8-19-10-18(13,11-22)12-23/h2-7,13,19,23H,8-12H2,1H3. The third kappa shape index (κ3) is 2.42. The number of benzene rings is 1. The first kappa shape index (κ1) is 15.4. The molecule has 126 valence electrons. The molecule has 0 bridgehead atoms. The number of aliphatic hydroxyl groups excluding tert-OH is 1. The van der Waals surface area contributed by atoms with Gasteiger partial charge < -0.3 is 20.1 Å². The van der Waals surface area contributed by atoms with E-state index in [9.17, 15) is 5.11 Å². The van der Waals surface area contributed by atoms with Gasteiger partial charge in [0.2, 0.25) is 0 Å². The number of rotatable bonds is 4. The molecule has 2 atom stereocenters. The molecule has 0 amide bonds. The van der Waals surface area contributed by atoms with E-state index < -0.39 is 0 Å². The zero-order valence-corrected chi connectivity index (χ0v) is 13.8. The largest absolute Gasteiger partial charge is 0.496 e. The van der Waals surface area contributed by atoms with Crippen molar-refractivity contribution in [1.82, 2.24) is 15.5 Å². The van der Waals surface area contributed by atoms with Crippen LogP contribution >= 0.6 is 0 Å². The SMILES string of the molecule is COc1ccccc1-c1ccc(N2CC3CNCC3(CO)C2)nn1. The molecule has 2 aliphatic heterocycles. The summed E-state index contributed by atoms with van der Waals surface area (Å²) in [5.74, 6) is 2.13. The molecule has 2 saturated heterocycles. The molecule has 1 aromatic carbocycles. The van der Waals surface area contributed by atoms with Crippen LogP contribution in [0.15, 0.2) is 36.4 Å². The molecule has 0 spiro atoms. The second-order valence-corrected chi connectivity index (χ2v) is 6.71. The van der Waals surface area contributed by atoms with E-state index in [0.717, 1.165) is 49.0 Å². The minimum absolute atomic E-state index is 0.0387. The predicted molar refractivity (Wildman–Crippen MR) is 92.1 cm³/mol. The van der Waals surface area contributed by atoms with Crippen molar-refractivity contribution in [2.75, 3.05) is 44.8 Å². The Kier molecular flexibility index (Phi) is 3.86. The number of hydrogen-bond donors (Lipinski definition) is 2. The summed E-state index contributed by atoms with van der Waals surface area (Å²) in [6.45, 7) is 3.79. The maximum atomic E-state index is 9.83. The molecular weight excluding hydrogens is 304 g/mol. The Bertz CT molecular complexity index is 721. The van der Waals surface area contributed by atoms with E-state index in [2.05, 4.69) is 20.4 Å². The van der Waals surface area contributed by atoms with Gasteiger partial charge in [0.1, 0.15) is 5.75 Å². The number of nitrogens with one attached hydrogen (secondary N) is 1. The topological polar surface area (TPSA) is 70.5 Å². The van der Waals surface area contributed by atoms with Gasteiger partial charge in [-0.15, -0.1) is 10.2 Å². The molecule has 4 rings (SSSR count). The zero-order valence-electron chi connectivity index (χ0n) is 13.8. The highest BCUT2D eigenvalue weighted by molar-refractivity contribution is 5.67. The summed E-state index contributed by atoms with van der Waals surface area (Å²) >= 11 is 0. The van der Waals surface area contributed by atoms with Crippen molar-refractivity contribution in [2.24, 2.45) is 11.3 Å². The van der Waals surface area contributed by atoms with E-state index >= 15 is 0 Å². The molecule has 24 heavy (non-hydrogen) atoms. The number of methoxy groups -OCH3 is 1. The van der Waals surface area contributed by atoms with Gasteiger partial charge in [-0.1, -0.05) is 12.1 Å². The molecule has 2 aromatic rings. The molecule has 3 heterocycles. The summed E-state index contributed by atoms with van der Waals surface area (Å²) in [7, 11) is 1.66. The van der Waals surface area contributed by atoms with Gasteiger partial charge in [0.05, 0.1) is 19.4 Å². The van der Waals surface area contributed by atoms with Crippen LogP contribution in [0.5, 0.6) is 5.75 Å². The number of hydrogen-bond acceptors (Lipinski definition) is 6. The first-order chi connectivity index (χ1) is 11.8. The van der Waals surface area contributed by atoms with Gasteiger partial charge in [-0.25, -0.2) is 0 Å². The van der Waals surface area contributed by atoms with E-state index in [-0.39, 0.29) is 12.0 Å². The van der Waals surface area contributed by atoms with Crippen molar-refractivity contribution >= 4 is 5.82 Å². The van der Waals surface area contributed by atoms with Crippen molar-refractivity contribution in [3.8, 4) is 17.0 Å². The van der Waals surface area contributed by atoms with Crippen LogP contribution in [-0.2, 0) is 0 Å². The van der Waals surface area contributed by atoms with E-state index in [1.807, 2.05) is 36.4 Å². The molecule has 0 aliphatic carbocycles. The van der Waals surface area contributed by atoms with Gasteiger partial charge in [-0.2, -0.15) is 0 Å². The number of anilines is 1. The number of fused-ring (bicyclic) bond motifs is 1. The molecule has 0 saturated carbocycles. The quantitative estimate of drug-likeness (QED) is 0.879. The first-order valence-electron chi connectivity index (χ1n) is 8.29. The van der Waals surface area contributed by atoms with E-state index in [1.54, 1.807) is 7.11 Å². The van der Waals surface area contributed by atoms with Crippen LogP contribution in [-0.4, -0.2) is 55.2 Å². The lowest BCUT2D eigenvalue weighted by atomic mass is 9.82. The minimum atomic E-state index is -0.0387. The fraction of sp³-hybridized carbons (Fsp3) is 0.444. The van der Waals surface area contributed by atoms with E-state index in [0.29, 0.717) is 5.92 Å². The summed E-state index contributed by atoms with van der Waals surface area (Å²) in [4.78, 5) is 2.24. The van der Waals surface area contributed by atoms with Gasteiger partial charge in [-0.05, 0) is 30.2 Å². The van der Waals surface area contributed by atoms with Gasteiger partial charge in [-0.3, -0.25) is 0 Å². The third-order valence-corrected chi connectivity index (χ3v) is 5.35. The minimum Gasteiger partial charge on any atom is -0.496 e. The van der Waals surface area contributed by atoms with Crippen LogP contribution in [0.4, 0.5) is 5.82 Å². The van der Waals surface area contributed by atoms with Gasteiger partial charge >= 0.3 is 0 Å². The molecule has 2 unspecified atom stereocenters. The van der Waals surface area contributed by atoms with Crippen LogP contribution in [0.2, 0.25) is 0 Å². The van der Waals surface area contributed by atoms with Gasteiger partial charge in [0.15, 0.2) is 5.82 Å². The lowest BCUT2D eigenvalue weighted by Crippen LogP contribution is -2.36. The summed E-state index contributed by atoms with van der Waals surface area (Å²) in [5.41, 5.74) is 1.70. The lowest BCUT2D eigenvalue weighted by Gasteiger charge is -2.25. The number of aromatic nitrogens is 2. The van der Waals surface area contributed by atoms with Crippen molar-refractivity contribution < 1.29 is 9.84 Å². The monoisotopic (exact) mass is 326 g/mol. The highest BCUT2D eigenvalue weighted by Crippen LogP contribution is 2.40. The summed E-state index contributed by atoms with van der Waals surface area (Å²) < 4.78 is 5.39. The predicted octanol–water partition coefficient (Wildman–Crippen LogP) is 1.17. The maximum Gasteiger partial charge on any atom is 0.151 e. The Morgan fingerprint density at radius 3 is 2.88 bits per heavy atom. The number of nitrogens with zero attached hydrogens (tertiary/aromatic N) is 3. The summed E-state index contributed by atoms with van der Waals surface area (Å²) in [6, 6.07) is 11.8. The van der Waals surface area contributed by atoms with Crippen molar-refractivity contribution in [2.45, 2.75) is 0 Å². The number of ether oxygens (including phenoxy) is 1. The van der Waals surface area contributed by atoms with Crippen molar-refractivity contribution in [1.29, 1.82) is 0 Å². The molecule has 1 aromatic heterocycles. The Labute approximate surface area is 141 Å². The van der Waals surface area contributed by atoms with Gasteiger partial charge in [0.25, 0.3) is 0 Å². The lowest BCUT2D eigenvalue weighted by molar-refractivity contribution is 0.135. The second kappa shape index (κ2) is 6.03. The fourth-order valence-electron chi connectivity index (χ4n) is 3.91. The molecule has 2 fully saturated rings. The van der Waals surface area contributed by atoms with Gasteiger partial charge in [0, 0.05) is 37.2 Å². The smallest absolute Gasteiger partial charge is 0.151 e. The summed E-state index contributed by atoms with van der Waals surface area (Å²) in [5, 5.41) is 22.0. The molecule has 2 N–H and O–H groups in total. The first-order valence-corrected chi connectivity index (χ1v) is 8.29. The average molecular weight is 326 g/mol. The number of para-hydroxylation sites is 1.